The summed E-state index contributed by atoms with van der Waals surface area (Å²) in [4.78, 5) is 26.8. The van der Waals surface area contributed by atoms with Crippen molar-refractivity contribution in [1.82, 2.24) is 0 Å². The summed E-state index contributed by atoms with van der Waals surface area (Å²) in [5.74, 6) is 1.30. The number of rotatable bonds is 8. The molecule has 1 heterocycles. The molecule has 6 nitrogen and oxygen atoms in total. The molecule has 8 heteroatoms. The summed E-state index contributed by atoms with van der Waals surface area (Å²) in [7, 11) is 3.20. The standard InChI is InChI=1S/C26H23Br2NO5/c1-32-16-8-10-22-18(14-16)24(26(31)34-25-20(27)6-5-7-21(25)28)19-15-17(33-2)9-11-23(19)29(22)12-3-4-13-30/h5-11,13-14H,3-4,12,15H2,1-2H3. The van der Waals surface area contributed by atoms with Crippen LogP contribution >= 0.6 is 31.9 Å². The SMILES string of the molecule is COC1=CC=C2C(=C(C(=O)Oc3c(Br)cccc3Br)c3cc(OC)ccc3N2CCCC=O)C1. The number of carbonyl (C=O) groups is 2. The lowest BCUT2D eigenvalue weighted by molar-refractivity contribution is -0.128. The Labute approximate surface area is 215 Å². The molecule has 2 aliphatic rings. The molecule has 1 aliphatic heterocycles. The van der Waals surface area contributed by atoms with Crippen LogP contribution in [0.25, 0.3) is 5.57 Å². The van der Waals surface area contributed by atoms with Gasteiger partial charge in [-0.15, -0.1) is 0 Å². The van der Waals surface area contributed by atoms with Crippen molar-refractivity contribution in [2.75, 3.05) is 25.7 Å². The number of hydrogen-bond acceptors (Lipinski definition) is 6. The minimum Gasteiger partial charge on any atom is -0.501 e. The van der Waals surface area contributed by atoms with E-state index in [0.29, 0.717) is 57.4 Å². The van der Waals surface area contributed by atoms with Crippen molar-refractivity contribution in [2.45, 2.75) is 19.3 Å². The zero-order valence-corrected chi connectivity index (χ0v) is 21.9. The topological polar surface area (TPSA) is 65.1 Å². The number of aldehydes is 1. The summed E-state index contributed by atoms with van der Waals surface area (Å²) < 4.78 is 18.2. The fourth-order valence-corrected chi connectivity index (χ4v) is 5.27. The van der Waals surface area contributed by atoms with Gasteiger partial charge < -0.3 is 23.9 Å². The van der Waals surface area contributed by atoms with Gasteiger partial charge in [0.2, 0.25) is 0 Å². The van der Waals surface area contributed by atoms with Gasteiger partial charge in [0, 0.05) is 36.3 Å². The van der Waals surface area contributed by atoms with Crippen LogP contribution in [-0.4, -0.2) is 33.0 Å². The summed E-state index contributed by atoms with van der Waals surface area (Å²) in [5, 5.41) is 0. The van der Waals surface area contributed by atoms with Crippen molar-refractivity contribution < 1.29 is 23.8 Å². The first-order valence-electron chi connectivity index (χ1n) is 10.7. The molecule has 0 fully saturated rings. The average Bonchev–Trinajstić information content (AvgIpc) is 2.85. The molecule has 0 spiro atoms. The molecule has 0 bridgehead atoms. The van der Waals surface area contributed by atoms with Gasteiger partial charge in [0.25, 0.3) is 0 Å². The molecule has 4 rings (SSSR count). The zero-order chi connectivity index (χ0) is 24.2. The maximum atomic E-state index is 13.7. The Kier molecular flexibility index (Phi) is 7.58. The first-order valence-corrected chi connectivity index (χ1v) is 12.3. The van der Waals surface area contributed by atoms with Crippen LogP contribution in [0.4, 0.5) is 5.69 Å². The van der Waals surface area contributed by atoms with E-state index < -0.39 is 5.97 Å². The Morgan fingerprint density at radius 1 is 1.09 bits per heavy atom. The summed E-state index contributed by atoms with van der Waals surface area (Å²) in [6.45, 7) is 0.627. The third-order valence-corrected chi connectivity index (χ3v) is 6.98. The van der Waals surface area contributed by atoms with Crippen molar-refractivity contribution in [3.8, 4) is 11.5 Å². The molecule has 0 aromatic heterocycles. The van der Waals surface area contributed by atoms with Gasteiger partial charge in [-0.05, 0) is 86.3 Å². The fraction of sp³-hybridized carbons (Fsp3) is 0.231. The molecule has 0 unspecified atom stereocenters. The molecule has 0 saturated carbocycles. The molecule has 0 atom stereocenters. The molecule has 34 heavy (non-hydrogen) atoms. The summed E-state index contributed by atoms with van der Waals surface area (Å²) in [5.41, 5.74) is 3.72. The van der Waals surface area contributed by atoms with Gasteiger partial charge in [-0.3, -0.25) is 0 Å². The van der Waals surface area contributed by atoms with E-state index in [1.54, 1.807) is 14.2 Å². The second-order valence-corrected chi connectivity index (χ2v) is 9.41. The Morgan fingerprint density at radius 2 is 1.85 bits per heavy atom. The van der Waals surface area contributed by atoms with E-state index in [-0.39, 0.29) is 0 Å². The average molecular weight is 589 g/mol. The number of halogens is 2. The van der Waals surface area contributed by atoms with Crippen molar-refractivity contribution in [3.63, 3.8) is 0 Å². The molecule has 2 aromatic carbocycles. The smallest absolute Gasteiger partial charge is 0.344 e. The van der Waals surface area contributed by atoms with Crippen LogP contribution in [0.1, 0.15) is 24.8 Å². The molecule has 0 N–H and O–H groups in total. The van der Waals surface area contributed by atoms with E-state index >= 15 is 0 Å². The van der Waals surface area contributed by atoms with Gasteiger partial charge in [-0.25, -0.2) is 4.79 Å². The van der Waals surface area contributed by atoms with Crippen molar-refractivity contribution in [1.29, 1.82) is 0 Å². The van der Waals surface area contributed by atoms with Gasteiger partial charge >= 0.3 is 5.97 Å². The molecule has 0 amide bonds. The Balaban J connectivity index is 1.87. The van der Waals surface area contributed by atoms with Crippen LogP contribution in [-0.2, 0) is 14.3 Å². The highest BCUT2D eigenvalue weighted by Crippen LogP contribution is 2.46. The maximum absolute atomic E-state index is 13.7. The number of esters is 1. The lowest BCUT2D eigenvalue weighted by Gasteiger charge is -2.37. The predicted molar refractivity (Wildman–Crippen MR) is 138 cm³/mol. The second kappa shape index (κ2) is 10.6. The zero-order valence-electron chi connectivity index (χ0n) is 18.8. The highest BCUT2D eigenvalue weighted by Gasteiger charge is 2.35. The van der Waals surface area contributed by atoms with E-state index in [2.05, 4.69) is 36.8 Å². The molecule has 0 radical (unpaired) electrons. The summed E-state index contributed by atoms with van der Waals surface area (Å²) in [6, 6.07) is 11.1. The Bertz CT molecular complexity index is 1210. The third-order valence-electron chi connectivity index (χ3n) is 5.73. The number of allylic oxidation sites excluding steroid dienone is 4. The highest BCUT2D eigenvalue weighted by atomic mass is 79.9. The van der Waals surface area contributed by atoms with E-state index in [1.165, 1.54) is 0 Å². The van der Waals surface area contributed by atoms with E-state index in [9.17, 15) is 9.59 Å². The first kappa shape index (κ1) is 24.3. The number of benzene rings is 2. The number of anilines is 1. The van der Waals surface area contributed by atoms with Gasteiger partial charge in [0.05, 0.1) is 28.7 Å². The summed E-state index contributed by atoms with van der Waals surface area (Å²) in [6.07, 6.45) is 6.36. The Hall–Kier alpha value is -2.84. The Morgan fingerprint density at radius 3 is 2.53 bits per heavy atom. The number of ether oxygens (including phenoxy) is 3. The van der Waals surface area contributed by atoms with E-state index in [4.69, 9.17) is 14.2 Å². The fourth-order valence-electron chi connectivity index (χ4n) is 4.11. The van der Waals surface area contributed by atoms with Gasteiger partial charge in [0.1, 0.15) is 17.8 Å². The molecule has 2 aromatic rings. The largest absolute Gasteiger partial charge is 0.501 e. The van der Waals surface area contributed by atoms with Crippen LogP contribution in [0.3, 0.4) is 0 Å². The van der Waals surface area contributed by atoms with Crippen LogP contribution in [0.5, 0.6) is 11.5 Å². The van der Waals surface area contributed by atoms with Gasteiger partial charge in [-0.1, -0.05) is 6.07 Å². The number of unbranched alkanes of at least 4 members (excludes halogenated alkanes) is 1. The van der Waals surface area contributed by atoms with E-state index in [1.807, 2.05) is 48.6 Å². The quantitative estimate of drug-likeness (QED) is 0.158. The van der Waals surface area contributed by atoms with Crippen LogP contribution in [0, 0.1) is 0 Å². The lowest BCUT2D eigenvalue weighted by atomic mass is 9.86. The number of fused-ring (bicyclic) bond motifs is 2. The van der Waals surface area contributed by atoms with Gasteiger partial charge in [-0.2, -0.15) is 0 Å². The number of para-hydroxylation sites is 1. The molecular formula is C26H23Br2NO5. The van der Waals surface area contributed by atoms with Crippen LogP contribution in [0.2, 0.25) is 0 Å². The molecule has 0 saturated heterocycles. The van der Waals surface area contributed by atoms with Gasteiger partial charge in [0.15, 0.2) is 5.75 Å². The number of methoxy groups -OCH3 is 2. The van der Waals surface area contributed by atoms with Crippen molar-refractivity contribution in [3.05, 3.63) is 80.1 Å². The van der Waals surface area contributed by atoms with Crippen LogP contribution in [0.15, 0.2) is 74.5 Å². The normalized spacial score (nSPS) is 14.5. The molecule has 176 valence electrons. The predicted octanol–water partition coefficient (Wildman–Crippen LogP) is 6.20. The molecule has 1 aliphatic carbocycles. The minimum atomic E-state index is -0.479. The number of hydrogen-bond donors (Lipinski definition) is 0. The number of nitrogens with zero attached hydrogens (tertiary/aromatic N) is 1. The maximum Gasteiger partial charge on any atom is 0.344 e. The summed E-state index contributed by atoms with van der Waals surface area (Å²) >= 11 is 6.94. The second-order valence-electron chi connectivity index (χ2n) is 7.70. The lowest BCUT2D eigenvalue weighted by Crippen LogP contribution is -2.32. The first-order chi connectivity index (χ1) is 16.5. The highest BCUT2D eigenvalue weighted by molar-refractivity contribution is 9.11. The molecular weight excluding hydrogens is 566 g/mol. The number of carbonyl (C=O) groups excluding carboxylic acids is 2. The minimum absolute atomic E-state index is 0.405. The van der Waals surface area contributed by atoms with Crippen molar-refractivity contribution in [2.24, 2.45) is 0 Å². The third kappa shape index (κ3) is 4.70. The monoisotopic (exact) mass is 587 g/mol. The van der Waals surface area contributed by atoms with Crippen LogP contribution < -0.4 is 14.4 Å². The van der Waals surface area contributed by atoms with Crippen molar-refractivity contribution >= 4 is 55.4 Å². The van der Waals surface area contributed by atoms with E-state index in [0.717, 1.165) is 29.0 Å².